The normalized spacial score (nSPS) is 12.9. The van der Waals surface area contributed by atoms with Crippen molar-refractivity contribution >= 4 is 73.7 Å². The monoisotopic (exact) mass is 663 g/mol. The van der Waals surface area contributed by atoms with E-state index in [4.69, 9.17) is 25.5 Å². The highest BCUT2D eigenvalue weighted by atomic mass is 32.2. The van der Waals surface area contributed by atoms with E-state index in [1.807, 2.05) is 6.92 Å². The summed E-state index contributed by atoms with van der Waals surface area (Å²) in [7, 11) is -4.74. The summed E-state index contributed by atoms with van der Waals surface area (Å²) < 4.78 is 58.1. The van der Waals surface area contributed by atoms with E-state index in [0.717, 1.165) is 23.7 Å². The third kappa shape index (κ3) is 10.7. The average Bonchev–Trinajstić information content (AvgIpc) is 2.95. The lowest BCUT2D eigenvalue weighted by Gasteiger charge is -2.06. The second-order valence-corrected chi connectivity index (χ2v) is 11.6. The van der Waals surface area contributed by atoms with E-state index < -0.39 is 26.1 Å². The maximum atomic E-state index is 12.0. The number of benzene rings is 3. The zero-order valence-electron chi connectivity index (χ0n) is 21.1. The fourth-order valence-electron chi connectivity index (χ4n) is 2.83. The summed E-state index contributed by atoms with van der Waals surface area (Å²) in [6, 6.07) is 13.5. The van der Waals surface area contributed by atoms with E-state index in [1.54, 1.807) is 24.3 Å². The van der Waals surface area contributed by atoms with Gasteiger partial charge in [0.15, 0.2) is 11.1 Å². The molecule has 3 aromatic carbocycles. The number of nitrogens with two attached hydrogens (primary N) is 1. The van der Waals surface area contributed by atoms with Gasteiger partial charge in [0.25, 0.3) is 10.1 Å². The van der Waals surface area contributed by atoms with Crippen LogP contribution >= 0.6 is 24.1 Å². The van der Waals surface area contributed by atoms with Gasteiger partial charge in [-0.1, -0.05) is 16.1 Å². The number of hydrogen-bond acceptors (Lipinski definition) is 18. The van der Waals surface area contributed by atoms with E-state index in [1.165, 1.54) is 24.3 Å². The second-order valence-electron chi connectivity index (χ2n) is 7.57. The Morgan fingerprint density at radius 2 is 1.62 bits per heavy atom. The molecule has 0 aliphatic heterocycles. The molecule has 21 heteroatoms. The first-order valence-electron chi connectivity index (χ1n) is 11.0. The minimum Gasteiger partial charge on any atom is -0.397 e. The molecule has 3 rings (SSSR count). The van der Waals surface area contributed by atoms with Crippen molar-refractivity contribution in [1.29, 1.82) is 0 Å². The summed E-state index contributed by atoms with van der Waals surface area (Å²) in [5, 5.41) is 39.6. The number of rotatable bonds is 16. The lowest BCUT2D eigenvalue weighted by Crippen LogP contribution is -2.07. The Kier molecular flexibility index (Phi) is 13.3. The quantitative estimate of drug-likeness (QED) is 0.0256. The number of hydrogen-bond donors (Lipinski definition) is 4. The Morgan fingerprint density at radius 1 is 0.881 bits per heavy atom. The Bertz CT molecular complexity index is 1560. The Morgan fingerprint density at radius 3 is 2.36 bits per heavy atom. The standard InChI is InChI=1S/C21H21N5O12S4/c1-13-2-6-17(20(10-13)40-37-34-27)24-23-14-3-5-16(22)19(11-14)26-25-18-7-4-15(12-21(18)42(30,31)32)39-36-33-8-9-41(29)38-35-28/h2-7,10-12,27-28H,8-9,22H2,1H3,(H,30,31,32). The maximum Gasteiger partial charge on any atom is 0.296 e. The van der Waals surface area contributed by atoms with Gasteiger partial charge in [0, 0.05) is 4.90 Å². The van der Waals surface area contributed by atoms with Crippen LogP contribution in [0.3, 0.4) is 0 Å². The van der Waals surface area contributed by atoms with Crippen molar-refractivity contribution in [3.05, 3.63) is 60.2 Å². The van der Waals surface area contributed by atoms with Gasteiger partial charge < -0.3 is 5.73 Å². The van der Waals surface area contributed by atoms with Crippen molar-refractivity contribution in [2.75, 3.05) is 18.1 Å². The summed E-state index contributed by atoms with van der Waals surface area (Å²) in [4.78, 5) is 4.89. The fraction of sp³-hybridized carbons (Fsp3) is 0.143. The number of aryl methyl sites for hydroxylation is 1. The van der Waals surface area contributed by atoms with Crippen molar-refractivity contribution in [2.24, 2.45) is 20.5 Å². The van der Waals surface area contributed by atoms with Gasteiger partial charge in [-0.3, -0.25) is 4.55 Å². The van der Waals surface area contributed by atoms with Gasteiger partial charge in [-0.15, -0.1) is 24.0 Å². The Hall–Kier alpha value is -2.90. The van der Waals surface area contributed by atoms with Crippen LogP contribution in [0.15, 0.2) is 89.7 Å². The van der Waals surface area contributed by atoms with Crippen molar-refractivity contribution < 1.29 is 55.7 Å². The summed E-state index contributed by atoms with van der Waals surface area (Å²) in [5.74, 6) is -0.205. The van der Waals surface area contributed by atoms with Crippen molar-refractivity contribution in [2.45, 2.75) is 21.6 Å². The zero-order valence-corrected chi connectivity index (χ0v) is 24.4. The van der Waals surface area contributed by atoms with Gasteiger partial charge in [-0.2, -0.15) is 17.9 Å². The molecule has 226 valence electrons. The molecular formula is C21H21N5O12S4. The summed E-state index contributed by atoms with van der Waals surface area (Å²) >= 11 is -0.662. The van der Waals surface area contributed by atoms with Crippen LogP contribution in [-0.2, 0) is 49.2 Å². The molecule has 5 N–H and O–H groups in total. The minimum atomic E-state index is -4.74. The van der Waals surface area contributed by atoms with Crippen LogP contribution in [-0.4, -0.2) is 40.1 Å². The molecule has 0 amide bonds. The molecule has 1 unspecified atom stereocenters. The molecule has 0 spiro atoms. The van der Waals surface area contributed by atoms with Crippen LogP contribution in [0.5, 0.6) is 0 Å². The maximum absolute atomic E-state index is 12.0. The first-order valence-corrected chi connectivity index (χ1v) is 15.2. The molecule has 0 aliphatic rings. The highest BCUT2D eigenvalue weighted by Crippen LogP contribution is 2.36. The number of anilines is 1. The first-order chi connectivity index (χ1) is 20.1. The van der Waals surface area contributed by atoms with E-state index in [-0.39, 0.29) is 34.3 Å². The van der Waals surface area contributed by atoms with Gasteiger partial charge >= 0.3 is 0 Å². The predicted molar refractivity (Wildman–Crippen MR) is 148 cm³/mol. The van der Waals surface area contributed by atoms with Gasteiger partial charge in [0.2, 0.25) is 0 Å². The molecule has 0 fully saturated rings. The van der Waals surface area contributed by atoms with Crippen LogP contribution in [0.2, 0.25) is 0 Å². The fourth-order valence-corrected chi connectivity index (χ4v) is 4.91. The molecule has 0 heterocycles. The van der Waals surface area contributed by atoms with Gasteiger partial charge in [0.05, 0.1) is 52.7 Å². The summed E-state index contributed by atoms with van der Waals surface area (Å²) in [6.45, 7) is 1.63. The Labute approximate surface area is 249 Å². The molecular weight excluding hydrogens is 643 g/mol. The molecule has 0 radical (unpaired) electrons. The van der Waals surface area contributed by atoms with Gasteiger partial charge in [0.1, 0.15) is 22.0 Å². The van der Waals surface area contributed by atoms with Crippen molar-refractivity contribution in [3.63, 3.8) is 0 Å². The molecule has 0 bridgehead atoms. The smallest absolute Gasteiger partial charge is 0.296 e. The molecule has 1 atom stereocenters. The number of nitrogens with zero attached hydrogens (tertiary/aromatic N) is 4. The molecule has 3 aromatic rings. The van der Waals surface area contributed by atoms with Crippen LogP contribution in [0.4, 0.5) is 28.4 Å². The molecule has 17 nitrogen and oxygen atoms in total. The number of nitrogen functional groups attached to an aromatic ring is 1. The third-order valence-corrected chi connectivity index (χ3v) is 7.49. The van der Waals surface area contributed by atoms with Crippen LogP contribution in [0, 0.1) is 6.92 Å². The largest absolute Gasteiger partial charge is 0.397 e. The third-order valence-electron chi connectivity index (χ3n) is 4.65. The van der Waals surface area contributed by atoms with Gasteiger partial charge in [-0.25, -0.2) is 19.6 Å². The predicted octanol–water partition coefficient (Wildman–Crippen LogP) is 6.12. The van der Waals surface area contributed by atoms with Crippen molar-refractivity contribution in [3.8, 4) is 0 Å². The van der Waals surface area contributed by atoms with Crippen LogP contribution in [0.25, 0.3) is 0 Å². The van der Waals surface area contributed by atoms with Crippen molar-refractivity contribution in [1.82, 2.24) is 0 Å². The first kappa shape index (κ1) is 33.6. The molecule has 0 saturated heterocycles. The average molecular weight is 664 g/mol. The topological polar surface area (TPSA) is 243 Å². The van der Waals surface area contributed by atoms with Crippen LogP contribution in [0.1, 0.15) is 5.56 Å². The molecule has 0 aliphatic carbocycles. The number of azo groups is 2. The second kappa shape index (κ2) is 16.7. The van der Waals surface area contributed by atoms with E-state index in [9.17, 15) is 17.2 Å². The lowest BCUT2D eigenvalue weighted by atomic mass is 10.2. The van der Waals surface area contributed by atoms with Gasteiger partial charge in [-0.05, 0) is 61.0 Å². The summed E-state index contributed by atoms with van der Waals surface area (Å²) in [6.07, 6.45) is 0. The highest BCUT2D eigenvalue weighted by Gasteiger charge is 2.17. The van der Waals surface area contributed by atoms with Crippen LogP contribution < -0.4 is 5.73 Å². The Balaban J connectivity index is 1.75. The zero-order chi connectivity index (χ0) is 30.5. The minimum absolute atomic E-state index is 0.131. The lowest BCUT2D eigenvalue weighted by molar-refractivity contribution is -0.435. The SMILES string of the molecule is Cc1ccc(N=Nc2ccc(N)c(N=Nc3ccc(SOOCCS(=O)OOO)cc3S(=O)(=O)O)c2)c(SOOO)c1. The van der Waals surface area contributed by atoms with E-state index in [0.29, 0.717) is 28.3 Å². The molecule has 0 aromatic heterocycles. The molecule has 0 saturated carbocycles. The van der Waals surface area contributed by atoms with E-state index >= 15 is 0 Å². The highest BCUT2D eigenvalue weighted by molar-refractivity contribution is 7.95. The van der Waals surface area contributed by atoms with E-state index in [2.05, 4.69) is 39.2 Å². The summed E-state index contributed by atoms with van der Waals surface area (Å²) in [5.41, 5.74) is 7.74. The molecule has 42 heavy (non-hydrogen) atoms.